The van der Waals surface area contributed by atoms with E-state index in [-0.39, 0.29) is 35.7 Å². The van der Waals surface area contributed by atoms with Gasteiger partial charge in [0.2, 0.25) is 5.91 Å². The Kier molecular flexibility index (Phi) is 3.66. The maximum atomic E-state index is 12.6. The van der Waals surface area contributed by atoms with Gasteiger partial charge in [0.25, 0.3) is 5.91 Å². The van der Waals surface area contributed by atoms with Crippen LogP contribution in [0.1, 0.15) is 27.7 Å². The molecule has 2 N–H and O–H groups in total. The highest BCUT2D eigenvalue weighted by Crippen LogP contribution is 2.59. The van der Waals surface area contributed by atoms with Crippen molar-refractivity contribution in [3.05, 3.63) is 29.8 Å². The minimum atomic E-state index is -0.187. The van der Waals surface area contributed by atoms with E-state index in [0.717, 1.165) is 0 Å². The molecule has 0 unspecified atom stereocenters. The van der Waals surface area contributed by atoms with Gasteiger partial charge in [-0.05, 0) is 43.4 Å². The van der Waals surface area contributed by atoms with Crippen LogP contribution in [0.5, 0.6) is 5.75 Å². The highest BCUT2D eigenvalue weighted by Gasteiger charge is 2.60. The molecule has 2 amide bonds. The molecular formula is C18H22N2O3. The maximum Gasteiger partial charge on any atom is 0.262 e. The summed E-state index contributed by atoms with van der Waals surface area (Å²) in [4.78, 5) is 23.9. The third-order valence-electron chi connectivity index (χ3n) is 4.59. The van der Waals surface area contributed by atoms with Gasteiger partial charge in [0.05, 0.1) is 11.6 Å². The lowest BCUT2D eigenvalue weighted by atomic mass is 10.1. The monoisotopic (exact) mass is 314 g/mol. The molecule has 5 heteroatoms. The van der Waals surface area contributed by atoms with Gasteiger partial charge < -0.3 is 15.4 Å². The number of benzene rings is 1. The van der Waals surface area contributed by atoms with Crippen LogP contribution in [0.4, 0.5) is 11.4 Å². The molecule has 23 heavy (non-hydrogen) atoms. The molecule has 1 aromatic carbocycles. The van der Waals surface area contributed by atoms with E-state index in [4.69, 9.17) is 4.74 Å². The summed E-state index contributed by atoms with van der Waals surface area (Å²) in [7, 11) is 0. The smallest absolute Gasteiger partial charge is 0.262 e. The number of ether oxygens (including phenoxy) is 1. The number of carbonyl (C=O) groups excluding carboxylic acids is 2. The highest BCUT2D eigenvalue weighted by molar-refractivity contribution is 5.99. The van der Waals surface area contributed by atoms with E-state index >= 15 is 0 Å². The summed E-state index contributed by atoms with van der Waals surface area (Å²) in [6.07, 6.45) is 2.17. The predicted molar refractivity (Wildman–Crippen MR) is 89.4 cm³/mol. The van der Waals surface area contributed by atoms with Gasteiger partial charge in [-0.3, -0.25) is 9.59 Å². The van der Waals surface area contributed by atoms with E-state index in [1.165, 1.54) is 5.57 Å². The number of hydrogen-bond donors (Lipinski definition) is 2. The molecule has 2 aliphatic rings. The van der Waals surface area contributed by atoms with Crippen molar-refractivity contribution in [2.24, 2.45) is 17.3 Å². The fourth-order valence-corrected chi connectivity index (χ4v) is 3.23. The van der Waals surface area contributed by atoms with E-state index in [0.29, 0.717) is 17.1 Å². The van der Waals surface area contributed by atoms with Crippen molar-refractivity contribution in [1.29, 1.82) is 0 Å². The predicted octanol–water partition coefficient (Wildman–Crippen LogP) is 3.19. The number of allylic oxidation sites excluding steroid dienone is 2. The summed E-state index contributed by atoms with van der Waals surface area (Å²) >= 11 is 0. The molecule has 1 aliphatic heterocycles. The molecule has 0 bridgehead atoms. The molecule has 2 atom stereocenters. The number of amides is 2. The number of rotatable bonds is 3. The molecule has 0 spiro atoms. The second-order valence-corrected chi connectivity index (χ2v) is 7.11. The molecule has 1 saturated carbocycles. The fraction of sp³-hybridized carbons (Fsp3) is 0.444. The lowest BCUT2D eigenvalue weighted by Crippen LogP contribution is -2.25. The van der Waals surface area contributed by atoms with Crippen LogP contribution in [0.25, 0.3) is 0 Å². The topological polar surface area (TPSA) is 67.4 Å². The Labute approximate surface area is 136 Å². The van der Waals surface area contributed by atoms with Crippen LogP contribution in [-0.2, 0) is 9.59 Å². The van der Waals surface area contributed by atoms with Crippen molar-refractivity contribution < 1.29 is 14.3 Å². The maximum absolute atomic E-state index is 12.6. The number of hydrogen-bond acceptors (Lipinski definition) is 3. The molecular weight excluding hydrogens is 292 g/mol. The van der Waals surface area contributed by atoms with Gasteiger partial charge >= 0.3 is 0 Å². The SMILES string of the molecule is CC(C)=C[C@@H]1[C@H](C(=O)Nc2ccc3c(c2)NC(=O)CO3)C1(C)C. The van der Waals surface area contributed by atoms with E-state index in [9.17, 15) is 9.59 Å². The van der Waals surface area contributed by atoms with Crippen molar-refractivity contribution >= 4 is 23.2 Å². The summed E-state index contributed by atoms with van der Waals surface area (Å²) in [6, 6.07) is 5.28. The van der Waals surface area contributed by atoms with Gasteiger partial charge in [-0.2, -0.15) is 0 Å². The summed E-state index contributed by atoms with van der Waals surface area (Å²) in [5.74, 6) is 0.692. The molecule has 0 aromatic heterocycles. The Bertz CT molecular complexity index is 702. The Morgan fingerprint density at radius 2 is 2.13 bits per heavy atom. The van der Waals surface area contributed by atoms with Gasteiger partial charge in [-0.25, -0.2) is 0 Å². The van der Waals surface area contributed by atoms with Crippen LogP contribution in [0, 0.1) is 17.3 Å². The molecule has 1 fully saturated rings. The molecule has 1 aliphatic carbocycles. The molecule has 0 saturated heterocycles. The minimum Gasteiger partial charge on any atom is -0.482 e. The third-order valence-corrected chi connectivity index (χ3v) is 4.59. The van der Waals surface area contributed by atoms with E-state index in [1.54, 1.807) is 18.2 Å². The lowest BCUT2D eigenvalue weighted by molar-refractivity contribution is -0.119. The van der Waals surface area contributed by atoms with Crippen LogP contribution >= 0.6 is 0 Å². The second kappa shape index (κ2) is 5.41. The van der Waals surface area contributed by atoms with Crippen LogP contribution in [0.3, 0.4) is 0 Å². The van der Waals surface area contributed by atoms with Crippen molar-refractivity contribution in [2.45, 2.75) is 27.7 Å². The Hall–Kier alpha value is -2.30. The highest BCUT2D eigenvalue weighted by atomic mass is 16.5. The van der Waals surface area contributed by atoms with Crippen molar-refractivity contribution in [3.63, 3.8) is 0 Å². The first kappa shape index (κ1) is 15.6. The zero-order valence-electron chi connectivity index (χ0n) is 13.9. The van der Waals surface area contributed by atoms with Gasteiger partial charge in [-0.15, -0.1) is 0 Å². The van der Waals surface area contributed by atoms with Crippen LogP contribution in [0.2, 0.25) is 0 Å². The Morgan fingerprint density at radius 3 is 2.83 bits per heavy atom. The van der Waals surface area contributed by atoms with Crippen LogP contribution < -0.4 is 15.4 Å². The van der Waals surface area contributed by atoms with Crippen molar-refractivity contribution in [1.82, 2.24) is 0 Å². The number of carbonyl (C=O) groups is 2. The number of nitrogens with one attached hydrogen (secondary N) is 2. The Balaban J connectivity index is 1.73. The first-order valence-corrected chi connectivity index (χ1v) is 7.81. The summed E-state index contributed by atoms with van der Waals surface area (Å²) in [6.45, 7) is 8.36. The van der Waals surface area contributed by atoms with Crippen molar-refractivity contribution in [3.8, 4) is 5.75 Å². The van der Waals surface area contributed by atoms with Crippen LogP contribution in [0.15, 0.2) is 29.8 Å². The fourth-order valence-electron chi connectivity index (χ4n) is 3.23. The number of fused-ring (bicyclic) bond motifs is 1. The zero-order valence-corrected chi connectivity index (χ0v) is 13.9. The van der Waals surface area contributed by atoms with E-state index < -0.39 is 0 Å². The Morgan fingerprint density at radius 1 is 1.39 bits per heavy atom. The largest absolute Gasteiger partial charge is 0.482 e. The van der Waals surface area contributed by atoms with Gasteiger partial charge in [0.15, 0.2) is 6.61 Å². The van der Waals surface area contributed by atoms with E-state index in [2.05, 4.69) is 44.4 Å². The lowest BCUT2D eigenvalue weighted by Gasteiger charge is -2.18. The molecule has 0 radical (unpaired) electrons. The average Bonchev–Trinajstić information content (AvgIpc) is 2.98. The second-order valence-electron chi connectivity index (χ2n) is 7.11. The summed E-state index contributed by atoms with van der Waals surface area (Å²) < 4.78 is 5.32. The zero-order chi connectivity index (χ0) is 16.8. The summed E-state index contributed by atoms with van der Waals surface area (Å²) in [5.41, 5.74) is 2.47. The van der Waals surface area contributed by atoms with Crippen molar-refractivity contribution in [2.75, 3.05) is 17.2 Å². The normalized spacial score (nSPS) is 23.9. The van der Waals surface area contributed by atoms with Gasteiger partial charge in [-0.1, -0.05) is 25.5 Å². The average molecular weight is 314 g/mol. The quantitative estimate of drug-likeness (QED) is 0.842. The number of anilines is 2. The molecule has 1 aromatic rings. The standard InChI is InChI=1S/C18H22N2O3/c1-10(2)7-12-16(18(12,3)4)17(22)19-11-5-6-14-13(8-11)20-15(21)9-23-14/h5-8,12,16H,9H2,1-4H3,(H,19,22)(H,20,21)/t12-,16-/m1/s1. The van der Waals surface area contributed by atoms with Gasteiger partial charge in [0.1, 0.15) is 5.75 Å². The molecule has 5 nitrogen and oxygen atoms in total. The van der Waals surface area contributed by atoms with E-state index in [1.807, 2.05) is 0 Å². The molecule has 1 heterocycles. The van der Waals surface area contributed by atoms with Gasteiger partial charge in [0, 0.05) is 5.69 Å². The van der Waals surface area contributed by atoms with Crippen LogP contribution in [-0.4, -0.2) is 18.4 Å². The first-order valence-electron chi connectivity index (χ1n) is 7.81. The first-order chi connectivity index (χ1) is 10.8. The molecule has 3 rings (SSSR count). The molecule has 122 valence electrons. The third kappa shape index (κ3) is 2.96. The minimum absolute atomic E-state index is 0.0144. The summed E-state index contributed by atoms with van der Waals surface area (Å²) in [5, 5.41) is 5.70.